The normalized spacial score (nSPS) is 11.9. The van der Waals surface area contributed by atoms with Crippen LogP contribution in [0.15, 0.2) is 11.4 Å². The molecule has 0 bridgehead atoms. The van der Waals surface area contributed by atoms with E-state index in [0.29, 0.717) is 0 Å². The van der Waals surface area contributed by atoms with Gasteiger partial charge < -0.3 is 5.11 Å². The fourth-order valence-corrected chi connectivity index (χ4v) is 1.27. The molecule has 1 aromatic heterocycles. The first-order valence-corrected chi connectivity index (χ1v) is 3.54. The lowest BCUT2D eigenvalue weighted by molar-refractivity contribution is 0.0214. The summed E-state index contributed by atoms with van der Waals surface area (Å²) in [7, 11) is 0. The molecule has 0 aliphatic rings. The molecule has 10 heavy (non-hydrogen) atoms. The average molecular weight is 164 g/mol. The Labute approximate surface area is 60.9 Å². The van der Waals surface area contributed by atoms with E-state index in [0.717, 1.165) is 24.3 Å². The topological polar surface area (TPSA) is 20.2 Å². The molecule has 1 nitrogen and oxygen atoms in total. The standard InChI is InChI=1S/C6H6F2OS/c1-6(7,8)5-2-4(9)3-10-5/h2-3,9H,1H3. The molecule has 1 rings (SSSR count). The molecule has 0 aliphatic heterocycles. The maximum Gasteiger partial charge on any atom is 0.279 e. The van der Waals surface area contributed by atoms with Crippen LogP contribution >= 0.6 is 11.3 Å². The van der Waals surface area contributed by atoms with Crippen molar-refractivity contribution in [1.82, 2.24) is 0 Å². The molecule has 0 radical (unpaired) electrons. The molecule has 0 saturated carbocycles. The van der Waals surface area contributed by atoms with Crippen LogP contribution in [0.5, 0.6) is 5.75 Å². The van der Waals surface area contributed by atoms with Gasteiger partial charge in [0.25, 0.3) is 5.92 Å². The van der Waals surface area contributed by atoms with E-state index in [1.807, 2.05) is 0 Å². The van der Waals surface area contributed by atoms with Gasteiger partial charge in [0.1, 0.15) is 5.75 Å². The van der Waals surface area contributed by atoms with Crippen LogP contribution in [-0.2, 0) is 5.92 Å². The molecular formula is C6H6F2OS. The Morgan fingerprint density at radius 2 is 2.20 bits per heavy atom. The van der Waals surface area contributed by atoms with Crippen molar-refractivity contribution in [3.8, 4) is 5.75 Å². The Morgan fingerprint density at radius 3 is 2.40 bits per heavy atom. The molecule has 0 amide bonds. The number of hydrogen-bond acceptors (Lipinski definition) is 2. The minimum absolute atomic E-state index is 0.0958. The second-order valence-electron chi connectivity index (χ2n) is 2.06. The first-order chi connectivity index (χ1) is 4.50. The van der Waals surface area contributed by atoms with Gasteiger partial charge in [0.15, 0.2) is 0 Å². The SMILES string of the molecule is CC(F)(F)c1cc(O)cs1. The molecule has 56 valence electrons. The third-order valence-electron chi connectivity index (χ3n) is 1.02. The molecule has 0 atom stereocenters. The Hall–Kier alpha value is -0.640. The molecule has 1 aromatic rings. The fraction of sp³-hybridized carbons (Fsp3) is 0.333. The molecule has 1 heterocycles. The van der Waals surface area contributed by atoms with Crippen molar-refractivity contribution in [3.63, 3.8) is 0 Å². The Kier molecular flexibility index (Phi) is 1.64. The summed E-state index contributed by atoms with van der Waals surface area (Å²) in [5.74, 6) is -2.92. The van der Waals surface area contributed by atoms with Crippen LogP contribution in [0.25, 0.3) is 0 Å². The van der Waals surface area contributed by atoms with E-state index >= 15 is 0 Å². The van der Waals surface area contributed by atoms with Crippen LogP contribution in [0, 0.1) is 0 Å². The zero-order valence-corrected chi connectivity index (χ0v) is 6.08. The van der Waals surface area contributed by atoms with Crippen LogP contribution in [0.1, 0.15) is 11.8 Å². The highest BCUT2D eigenvalue weighted by Gasteiger charge is 2.26. The second kappa shape index (κ2) is 2.20. The number of halogens is 2. The zero-order valence-electron chi connectivity index (χ0n) is 5.27. The predicted molar refractivity (Wildman–Crippen MR) is 35.6 cm³/mol. The van der Waals surface area contributed by atoms with Crippen molar-refractivity contribution in [2.75, 3.05) is 0 Å². The maximum absolute atomic E-state index is 12.4. The van der Waals surface area contributed by atoms with E-state index in [1.54, 1.807) is 0 Å². The maximum atomic E-state index is 12.4. The van der Waals surface area contributed by atoms with Gasteiger partial charge in [-0.15, -0.1) is 11.3 Å². The molecule has 0 unspecified atom stereocenters. The van der Waals surface area contributed by atoms with Gasteiger partial charge in [-0.1, -0.05) is 0 Å². The lowest BCUT2D eigenvalue weighted by atomic mass is 10.3. The van der Waals surface area contributed by atoms with Gasteiger partial charge in [0.2, 0.25) is 0 Å². The smallest absolute Gasteiger partial charge is 0.279 e. The van der Waals surface area contributed by atoms with Crippen molar-refractivity contribution in [2.45, 2.75) is 12.8 Å². The third-order valence-corrected chi connectivity index (χ3v) is 2.11. The van der Waals surface area contributed by atoms with Gasteiger partial charge in [-0.25, -0.2) is 8.78 Å². The van der Waals surface area contributed by atoms with Crippen molar-refractivity contribution < 1.29 is 13.9 Å². The number of hydrogen-bond donors (Lipinski definition) is 1. The Balaban J connectivity index is 2.96. The Morgan fingerprint density at radius 1 is 1.60 bits per heavy atom. The van der Waals surface area contributed by atoms with Crippen LogP contribution in [-0.4, -0.2) is 5.11 Å². The van der Waals surface area contributed by atoms with E-state index in [-0.39, 0.29) is 10.6 Å². The van der Waals surface area contributed by atoms with Crippen LogP contribution in [0.2, 0.25) is 0 Å². The lowest BCUT2D eigenvalue weighted by Crippen LogP contribution is -2.02. The quantitative estimate of drug-likeness (QED) is 0.676. The molecule has 0 fully saturated rings. The first kappa shape index (κ1) is 7.47. The average Bonchev–Trinajstić information content (AvgIpc) is 2.11. The van der Waals surface area contributed by atoms with E-state index in [4.69, 9.17) is 5.11 Å². The lowest BCUT2D eigenvalue weighted by Gasteiger charge is -2.04. The molecule has 0 spiro atoms. The van der Waals surface area contributed by atoms with Gasteiger partial charge in [0, 0.05) is 12.3 Å². The number of thiophene rings is 1. The van der Waals surface area contributed by atoms with Gasteiger partial charge in [0.05, 0.1) is 4.88 Å². The fourth-order valence-electron chi connectivity index (χ4n) is 0.556. The van der Waals surface area contributed by atoms with Crippen molar-refractivity contribution >= 4 is 11.3 Å². The largest absolute Gasteiger partial charge is 0.507 e. The predicted octanol–water partition coefficient (Wildman–Crippen LogP) is 2.57. The number of aromatic hydroxyl groups is 1. The van der Waals surface area contributed by atoms with Crippen LogP contribution < -0.4 is 0 Å². The van der Waals surface area contributed by atoms with Crippen LogP contribution in [0.4, 0.5) is 8.78 Å². The van der Waals surface area contributed by atoms with Crippen LogP contribution in [0.3, 0.4) is 0 Å². The summed E-state index contributed by atoms with van der Waals surface area (Å²) in [4.78, 5) is -0.106. The van der Waals surface area contributed by atoms with E-state index in [2.05, 4.69) is 0 Å². The van der Waals surface area contributed by atoms with Gasteiger partial charge in [-0.2, -0.15) is 0 Å². The highest BCUT2D eigenvalue weighted by molar-refractivity contribution is 7.10. The van der Waals surface area contributed by atoms with Gasteiger partial charge in [-0.05, 0) is 6.07 Å². The molecule has 1 N–H and O–H groups in total. The Bertz CT molecular complexity index is 226. The minimum atomic E-state index is -2.83. The number of alkyl halides is 2. The summed E-state index contributed by atoms with van der Waals surface area (Å²) in [6.07, 6.45) is 0. The van der Waals surface area contributed by atoms with E-state index in [1.165, 1.54) is 5.38 Å². The summed E-state index contributed by atoms with van der Waals surface area (Å²) in [6, 6.07) is 1.07. The summed E-state index contributed by atoms with van der Waals surface area (Å²) >= 11 is 0.856. The minimum Gasteiger partial charge on any atom is -0.507 e. The van der Waals surface area contributed by atoms with Gasteiger partial charge >= 0.3 is 0 Å². The first-order valence-electron chi connectivity index (χ1n) is 2.66. The third kappa shape index (κ3) is 1.44. The molecule has 0 aromatic carbocycles. The summed E-state index contributed by atoms with van der Waals surface area (Å²) in [6.45, 7) is 0.804. The monoisotopic (exact) mass is 164 g/mol. The summed E-state index contributed by atoms with van der Waals surface area (Å²) in [5, 5.41) is 9.98. The molecule has 4 heteroatoms. The van der Waals surface area contributed by atoms with E-state index in [9.17, 15) is 8.78 Å². The summed E-state index contributed by atoms with van der Waals surface area (Å²) < 4.78 is 24.7. The zero-order chi connectivity index (χ0) is 7.78. The molecule has 0 aliphatic carbocycles. The molecular weight excluding hydrogens is 158 g/mol. The van der Waals surface area contributed by atoms with E-state index < -0.39 is 5.92 Å². The van der Waals surface area contributed by atoms with Gasteiger partial charge in [-0.3, -0.25) is 0 Å². The summed E-state index contributed by atoms with van der Waals surface area (Å²) in [5.41, 5.74) is 0. The highest BCUT2D eigenvalue weighted by atomic mass is 32.1. The van der Waals surface area contributed by atoms with Crippen molar-refractivity contribution in [3.05, 3.63) is 16.3 Å². The van der Waals surface area contributed by atoms with Crippen molar-refractivity contribution in [1.29, 1.82) is 0 Å². The van der Waals surface area contributed by atoms with Crippen molar-refractivity contribution in [2.24, 2.45) is 0 Å². The highest BCUT2D eigenvalue weighted by Crippen LogP contribution is 2.34. The second-order valence-corrected chi connectivity index (χ2v) is 2.97. The molecule has 0 saturated heterocycles. The number of rotatable bonds is 1.